The van der Waals surface area contributed by atoms with Crippen molar-refractivity contribution in [1.82, 2.24) is 5.32 Å². The molecule has 0 bridgehead atoms. The summed E-state index contributed by atoms with van der Waals surface area (Å²) in [6, 6.07) is 17.2. The zero-order valence-electron chi connectivity index (χ0n) is 12.2. The molecule has 4 heteroatoms. The summed E-state index contributed by atoms with van der Waals surface area (Å²) in [5.41, 5.74) is 8.28. The van der Waals surface area contributed by atoms with Gasteiger partial charge in [-0.2, -0.15) is 0 Å². The highest BCUT2D eigenvalue weighted by molar-refractivity contribution is 5.89. The van der Waals surface area contributed by atoms with Crippen molar-refractivity contribution < 1.29 is 4.79 Å². The molecule has 1 atom stereocenters. The second-order valence-corrected chi connectivity index (χ2v) is 5.11. The number of carbonyl (C=O) groups is 1. The van der Waals surface area contributed by atoms with Crippen LogP contribution >= 0.6 is 0 Å². The van der Waals surface area contributed by atoms with Gasteiger partial charge >= 0.3 is 6.03 Å². The molecule has 4 nitrogen and oxygen atoms in total. The molecule has 0 aliphatic rings. The summed E-state index contributed by atoms with van der Waals surface area (Å²) in [5, 5.41) is 5.63. The first-order chi connectivity index (χ1) is 10.1. The van der Waals surface area contributed by atoms with Crippen molar-refractivity contribution in [2.24, 2.45) is 0 Å². The van der Waals surface area contributed by atoms with E-state index in [1.165, 1.54) is 5.56 Å². The van der Waals surface area contributed by atoms with Crippen molar-refractivity contribution in [2.45, 2.75) is 19.3 Å². The van der Waals surface area contributed by atoms with Gasteiger partial charge in [0.1, 0.15) is 0 Å². The summed E-state index contributed by atoms with van der Waals surface area (Å²) >= 11 is 0. The monoisotopic (exact) mass is 283 g/mol. The van der Waals surface area contributed by atoms with Crippen LogP contribution in [-0.4, -0.2) is 12.6 Å². The van der Waals surface area contributed by atoms with E-state index in [4.69, 9.17) is 5.73 Å². The lowest BCUT2D eigenvalue weighted by Gasteiger charge is -2.13. The second-order valence-electron chi connectivity index (χ2n) is 5.11. The van der Waals surface area contributed by atoms with Crippen LogP contribution in [-0.2, 0) is 0 Å². The molecule has 0 saturated carbocycles. The zero-order chi connectivity index (χ0) is 15.1. The average molecular weight is 283 g/mol. The second kappa shape index (κ2) is 7.33. The van der Waals surface area contributed by atoms with Crippen molar-refractivity contribution in [2.75, 3.05) is 17.6 Å². The normalized spacial score (nSPS) is 11.7. The molecule has 0 saturated heterocycles. The molecule has 4 N–H and O–H groups in total. The quantitative estimate of drug-likeness (QED) is 0.734. The first kappa shape index (κ1) is 14.9. The molecule has 2 rings (SSSR count). The van der Waals surface area contributed by atoms with E-state index in [0.717, 1.165) is 6.42 Å². The van der Waals surface area contributed by atoms with Gasteiger partial charge in [0.15, 0.2) is 0 Å². The topological polar surface area (TPSA) is 67.2 Å². The van der Waals surface area contributed by atoms with Gasteiger partial charge in [-0.25, -0.2) is 4.79 Å². The maximum Gasteiger partial charge on any atom is 0.319 e. The molecule has 21 heavy (non-hydrogen) atoms. The summed E-state index contributed by atoms with van der Waals surface area (Å²) in [4.78, 5) is 11.8. The summed E-state index contributed by atoms with van der Waals surface area (Å²) in [7, 11) is 0. The largest absolute Gasteiger partial charge is 0.399 e. The Balaban J connectivity index is 1.74. The molecule has 1 unspecified atom stereocenters. The van der Waals surface area contributed by atoms with Gasteiger partial charge in [-0.1, -0.05) is 43.3 Å². The van der Waals surface area contributed by atoms with Crippen molar-refractivity contribution in [3.63, 3.8) is 0 Å². The van der Waals surface area contributed by atoms with Gasteiger partial charge in [0.2, 0.25) is 0 Å². The van der Waals surface area contributed by atoms with Crippen molar-refractivity contribution >= 4 is 17.4 Å². The van der Waals surface area contributed by atoms with Crippen LogP contribution in [0.3, 0.4) is 0 Å². The SMILES string of the molecule is CC(CCNC(=O)Nc1cccc(N)c1)c1ccccc1. The van der Waals surface area contributed by atoms with Crippen LogP contribution in [0.15, 0.2) is 54.6 Å². The molecule has 0 radical (unpaired) electrons. The van der Waals surface area contributed by atoms with Crippen LogP contribution in [0.1, 0.15) is 24.8 Å². The number of hydrogen-bond donors (Lipinski definition) is 3. The third kappa shape index (κ3) is 4.84. The Morgan fingerprint density at radius 3 is 2.62 bits per heavy atom. The number of amides is 2. The Kier molecular flexibility index (Phi) is 5.21. The van der Waals surface area contributed by atoms with Gasteiger partial charge in [-0.05, 0) is 36.1 Å². The summed E-state index contributed by atoms with van der Waals surface area (Å²) in [6.45, 7) is 2.79. The average Bonchev–Trinajstić information content (AvgIpc) is 2.48. The van der Waals surface area contributed by atoms with Crippen LogP contribution in [0.2, 0.25) is 0 Å². The van der Waals surface area contributed by atoms with Crippen molar-refractivity contribution in [1.29, 1.82) is 0 Å². The Morgan fingerprint density at radius 1 is 1.14 bits per heavy atom. The minimum Gasteiger partial charge on any atom is -0.399 e. The van der Waals surface area contributed by atoms with Gasteiger partial charge in [0.05, 0.1) is 0 Å². The molecule has 110 valence electrons. The molecule has 0 aliphatic carbocycles. The molecule has 0 spiro atoms. The molecular formula is C17H21N3O. The number of carbonyl (C=O) groups excluding carboxylic acids is 1. The van der Waals surface area contributed by atoms with E-state index >= 15 is 0 Å². The minimum atomic E-state index is -0.208. The molecule has 2 amide bonds. The van der Waals surface area contributed by atoms with E-state index in [9.17, 15) is 4.79 Å². The predicted octanol–water partition coefficient (Wildman–Crippen LogP) is 3.58. The number of nitrogens with one attached hydrogen (secondary N) is 2. The highest BCUT2D eigenvalue weighted by atomic mass is 16.2. The predicted molar refractivity (Wildman–Crippen MR) is 87.3 cm³/mol. The Bertz CT molecular complexity index is 584. The van der Waals surface area contributed by atoms with E-state index < -0.39 is 0 Å². The summed E-state index contributed by atoms with van der Waals surface area (Å²) in [6.07, 6.45) is 0.897. The third-order valence-electron chi connectivity index (χ3n) is 3.38. The van der Waals surface area contributed by atoms with Gasteiger partial charge in [-0.3, -0.25) is 0 Å². The lowest BCUT2D eigenvalue weighted by atomic mass is 9.98. The first-order valence-electron chi connectivity index (χ1n) is 7.10. The number of hydrogen-bond acceptors (Lipinski definition) is 2. The number of anilines is 2. The Hall–Kier alpha value is -2.49. The lowest BCUT2D eigenvalue weighted by molar-refractivity contribution is 0.252. The first-order valence-corrected chi connectivity index (χ1v) is 7.10. The lowest BCUT2D eigenvalue weighted by Crippen LogP contribution is -2.30. The van der Waals surface area contributed by atoms with Crippen molar-refractivity contribution in [3.8, 4) is 0 Å². The van der Waals surface area contributed by atoms with Gasteiger partial charge in [0.25, 0.3) is 0 Å². The van der Waals surface area contributed by atoms with Crippen molar-refractivity contribution in [3.05, 3.63) is 60.2 Å². The molecule has 0 aliphatic heterocycles. The molecule has 0 fully saturated rings. The molecule has 2 aromatic carbocycles. The fourth-order valence-electron chi connectivity index (χ4n) is 2.14. The number of nitrogens with two attached hydrogens (primary N) is 1. The van der Waals surface area contributed by atoms with E-state index in [1.54, 1.807) is 12.1 Å². The number of rotatable bonds is 5. The third-order valence-corrected chi connectivity index (χ3v) is 3.38. The van der Waals surface area contributed by atoms with Gasteiger partial charge < -0.3 is 16.4 Å². The molecular weight excluding hydrogens is 262 g/mol. The van der Waals surface area contributed by atoms with E-state index in [2.05, 4.69) is 29.7 Å². The summed E-state index contributed by atoms with van der Waals surface area (Å²) in [5.74, 6) is 0.416. The highest BCUT2D eigenvalue weighted by Crippen LogP contribution is 2.17. The Labute approximate surface area is 125 Å². The van der Waals surface area contributed by atoms with E-state index in [0.29, 0.717) is 23.8 Å². The zero-order valence-corrected chi connectivity index (χ0v) is 12.2. The highest BCUT2D eigenvalue weighted by Gasteiger charge is 2.06. The molecule has 2 aromatic rings. The standard InChI is InChI=1S/C17H21N3O/c1-13(14-6-3-2-4-7-14)10-11-19-17(21)20-16-9-5-8-15(18)12-16/h2-9,12-13H,10-11,18H2,1H3,(H2,19,20,21). The van der Waals surface area contributed by atoms with Gasteiger partial charge in [-0.15, -0.1) is 0 Å². The van der Waals surface area contributed by atoms with E-state index in [-0.39, 0.29) is 6.03 Å². The molecule has 0 aromatic heterocycles. The van der Waals surface area contributed by atoms with Crippen LogP contribution in [0.5, 0.6) is 0 Å². The fourth-order valence-corrected chi connectivity index (χ4v) is 2.14. The van der Waals surface area contributed by atoms with E-state index in [1.807, 2.05) is 30.3 Å². The number of benzene rings is 2. The van der Waals surface area contributed by atoms with Crippen LogP contribution in [0, 0.1) is 0 Å². The molecule has 0 heterocycles. The smallest absolute Gasteiger partial charge is 0.319 e. The minimum absolute atomic E-state index is 0.208. The maximum absolute atomic E-state index is 11.8. The van der Waals surface area contributed by atoms with Crippen LogP contribution in [0.25, 0.3) is 0 Å². The maximum atomic E-state index is 11.8. The Morgan fingerprint density at radius 2 is 1.90 bits per heavy atom. The summed E-state index contributed by atoms with van der Waals surface area (Å²) < 4.78 is 0. The fraction of sp³-hybridized carbons (Fsp3) is 0.235. The van der Waals surface area contributed by atoms with Crippen LogP contribution < -0.4 is 16.4 Å². The van der Waals surface area contributed by atoms with Crippen LogP contribution in [0.4, 0.5) is 16.2 Å². The number of urea groups is 1. The number of nitrogen functional groups attached to an aromatic ring is 1. The van der Waals surface area contributed by atoms with Gasteiger partial charge in [0, 0.05) is 17.9 Å².